The number of nitrogens with one attached hydrogen (secondary N) is 1. The molecule has 0 heterocycles. The minimum Gasteiger partial charge on any atom is -0.315 e. The van der Waals surface area contributed by atoms with Crippen LogP contribution in [0, 0.1) is 17.8 Å². The Kier molecular flexibility index (Phi) is 4.66. The van der Waals surface area contributed by atoms with E-state index in [1.54, 1.807) is 0 Å². The maximum absolute atomic E-state index is 3.66. The van der Waals surface area contributed by atoms with Crippen molar-refractivity contribution in [2.24, 2.45) is 17.8 Å². The average molecular weight is 224 g/mol. The summed E-state index contributed by atoms with van der Waals surface area (Å²) in [5.41, 5.74) is 0. The highest BCUT2D eigenvalue weighted by atomic mass is 15.1. The number of likely N-dealkylation sites (N-methyl/N-ethyl adjacent to an activating group) is 1. The highest BCUT2D eigenvalue weighted by molar-refractivity contribution is 4.99. The fourth-order valence-corrected chi connectivity index (χ4v) is 3.49. The third-order valence-electron chi connectivity index (χ3n) is 4.71. The van der Waals surface area contributed by atoms with Crippen LogP contribution in [0.2, 0.25) is 0 Å². The summed E-state index contributed by atoms with van der Waals surface area (Å²) >= 11 is 0. The predicted molar refractivity (Wildman–Crippen MR) is 69.6 cm³/mol. The second-order valence-corrected chi connectivity index (χ2v) is 5.51. The number of fused-ring (bicyclic) bond motifs is 1. The van der Waals surface area contributed by atoms with Crippen molar-refractivity contribution >= 4 is 0 Å². The van der Waals surface area contributed by atoms with Crippen LogP contribution in [0.15, 0.2) is 0 Å². The van der Waals surface area contributed by atoms with Crippen LogP contribution in [0.25, 0.3) is 0 Å². The third-order valence-corrected chi connectivity index (χ3v) is 4.71. The van der Waals surface area contributed by atoms with Gasteiger partial charge in [0.15, 0.2) is 0 Å². The van der Waals surface area contributed by atoms with E-state index in [4.69, 9.17) is 0 Å². The number of hydrogen-bond donors (Lipinski definition) is 1. The molecule has 0 aliphatic heterocycles. The van der Waals surface area contributed by atoms with Crippen molar-refractivity contribution in [3.8, 4) is 0 Å². The van der Waals surface area contributed by atoms with Gasteiger partial charge in [-0.2, -0.15) is 0 Å². The van der Waals surface area contributed by atoms with Crippen LogP contribution in [-0.4, -0.2) is 37.6 Å². The van der Waals surface area contributed by atoms with Gasteiger partial charge < -0.3 is 10.2 Å². The minimum atomic E-state index is 1.04. The molecule has 2 rings (SSSR count). The van der Waals surface area contributed by atoms with E-state index in [9.17, 15) is 0 Å². The fourth-order valence-electron chi connectivity index (χ4n) is 3.49. The quantitative estimate of drug-likeness (QED) is 0.668. The Morgan fingerprint density at radius 2 is 1.69 bits per heavy atom. The zero-order valence-electron chi connectivity index (χ0n) is 11.0. The maximum Gasteiger partial charge on any atom is 0.0107 e. The van der Waals surface area contributed by atoms with E-state index in [-0.39, 0.29) is 0 Å². The van der Waals surface area contributed by atoms with E-state index in [0.29, 0.717) is 0 Å². The molecule has 2 nitrogen and oxygen atoms in total. The molecule has 0 aromatic heterocycles. The van der Waals surface area contributed by atoms with Crippen LogP contribution in [0.4, 0.5) is 0 Å². The Hall–Kier alpha value is -0.0800. The molecule has 2 heteroatoms. The van der Waals surface area contributed by atoms with Crippen molar-refractivity contribution in [1.29, 1.82) is 0 Å². The van der Waals surface area contributed by atoms with Crippen LogP contribution >= 0.6 is 0 Å². The molecule has 2 atom stereocenters. The monoisotopic (exact) mass is 224 g/mol. The van der Waals surface area contributed by atoms with E-state index in [0.717, 1.165) is 17.8 Å². The average Bonchev–Trinajstić information content (AvgIpc) is 3.03. The lowest BCUT2D eigenvalue weighted by Crippen LogP contribution is -2.32. The molecule has 2 unspecified atom stereocenters. The van der Waals surface area contributed by atoms with Crippen molar-refractivity contribution in [3.63, 3.8) is 0 Å². The van der Waals surface area contributed by atoms with Crippen molar-refractivity contribution < 1.29 is 0 Å². The maximum atomic E-state index is 3.66. The summed E-state index contributed by atoms with van der Waals surface area (Å²) in [6.07, 6.45) is 6.04. The fraction of sp³-hybridized carbons (Fsp3) is 1.00. The SMILES string of the molecule is CCN(CC)CCNCC1C2CCCCC21. The van der Waals surface area contributed by atoms with Crippen molar-refractivity contribution in [2.75, 3.05) is 32.7 Å². The first-order valence-electron chi connectivity index (χ1n) is 7.29. The van der Waals surface area contributed by atoms with Gasteiger partial charge in [0.1, 0.15) is 0 Å². The largest absolute Gasteiger partial charge is 0.315 e. The molecule has 0 amide bonds. The summed E-state index contributed by atoms with van der Waals surface area (Å²) < 4.78 is 0. The van der Waals surface area contributed by atoms with E-state index >= 15 is 0 Å². The molecule has 1 N–H and O–H groups in total. The standard InChI is InChI=1S/C14H28N2/c1-3-16(4-2)10-9-15-11-14-12-7-5-6-8-13(12)14/h12-15H,3-11H2,1-2H3. The molecule has 0 spiro atoms. The molecular formula is C14H28N2. The van der Waals surface area contributed by atoms with Gasteiger partial charge in [-0.05, 0) is 50.2 Å². The highest BCUT2D eigenvalue weighted by Gasteiger charge is 2.49. The van der Waals surface area contributed by atoms with E-state index in [1.165, 1.54) is 58.4 Å². The zero-order valence-corrected chi connectivity index (χ0v) is 11.0. The summed E-state index contributed by atoms with van der Waals surface area (Å²) in [7, 11) is 0. The van der Waals surface area contributed by atoms with Gasteiger partial charge in [0.05, 0.1) is 0 Å². The van der Waals surface area contributed by atoms with Gasteiger partial charge in [0, 0.05) is 13.1 Å². The van der Waals surface area contributed by atoms with Crippen LogP contribution in [0.1, 0.15) is 39.5 Å². The first-order chi connectivity index (χ1) is 7.86. The number of nitrogens with zero attached hydrogens (tertiary/aromatic N) is 1. The van der Waals surface area contributed by atoms with Gasteiger partial charge in [-0.15, -0.1) is 0 Å². The van der Waals surface area contributed by atoms with Crippen LogP contribution in [0.5, 0.6) is 0 Å². The van der Waals surface area contributed by atoms with Crippen molar-refractivity contribution in [3.05, 3.63) is 0 Å². The van der Waals surface area contributed by atoms with Crippen LogP contribution in [-0.2, 0) is 0 Å². The van der Waals surface area contributed by atoms with Gasteiger partial charge in [0.25, 0.3) is 0 Å². The first kappa shape index (κ1) is 12.4. The Bertz CT molecular complexity index is 189. The van der Waals surface area contributed by atoms with E-state index in [1.807, 2.05) is 0 Å². The highest BCUT2D eigenvalue weighted by Crippen LogP contribution is 2.54. The minimum absolute atomic E-state index is 1.04. The summed E-state index contributed by atoms with van der Waals surface area (Å²) in [4.78, 5) is 2.49. The second kappa shape index (κ2) is 6.02. The third kappa shape index (κ3) is 2.98. The van der Waals surface area contributed by atoms with Crippen molar-refractivity contribution in [2.45, 2.75) is 39.5 Å². The predicted octanol–water partition coefficient (Wildman–Crippen LogP) is 2.35. The van der Waals surface area contributed by atoms with Crippen molar-refractivity contribution in [1.82, 2.24) is 10.2 Å². The molecule has 2 aliphatic rings. The molecule has 16 heavy (non-hydrogen) atoms. The smallest absolute Gasteiger partial charge is 0.0107 e. The lowest BCUT2D eigenvalue weighted by molar-refractivity contribution is 0.301. The van der Waals surface area contributed by atoms with Gasteiger partial charge >= 0.3 is 0 Å². The summed E-state index contributed by atoms with van der Waals surface area (Å²) in [6.45, 7) is 10.6. The molecule has 0 bridgehead atoms. The normalized spacial score (nSPS) is 32.8. The molecule has 0 aromatic rings. The zero-order chi connectivity index (χ0) is 11.4. The summed E-state index contributed by atoms with van der Waals surface area (Å²) in [5, 5.41) is 3.66. The topological polar surface area (TPSA) is 15.3 Å². The van der Waals surface area contributed by atoms with Gasteiger partial charge in [-0.1, -0.05) is 26.7 Å². The molecule has 0 aromatic carbocycles. The summed E-state index contributed by atoms with van der Waals surface area (Å²) in [5.74, 6) is 3.25. The number of hydrogen-bond acceptors (Lipinski definition) is 2. The molecule has 94 valence electrons. The molecule has 0 radical (unpaired) electrons. The Morgan fingerprint density at radius 1 is 1.06 bits per heavy atom. The van der Waals surface area contributed by atoms with Gasteiger partial charge in [0.2, 0.25) is 0 Å². The van der Waals surface area contributed by atoms with E-state index in [2.05, 4.69) is 24.1 Å². The number of rotatable bonds is 7. The Balaban J connectivity index is 1.52. The Labute approximate surface area is 101 Å². The van der Waals surface area contributed by atoms with Gasteiger partial charge in [-0.25, -0.2) is 0 Å². The van der Waals surface area contributed by atoms with Gasteiger partial charge in [-0.3, -0.25) is 0 Å². The second-order valence-electron chi connectivity index (χ2n) is 5.51. The van der Waals surface area contributed by atoms with Crippen LogP contribution in [0.3, 0.4) is 0 Å². The van der Waals surface area contributed by atoms with E-state index < -0.39 is 0 Å². The summed E-state index contributed by atoms with van der Waals surface area (Å²) in [6, 6.07) is 0. The Morgan fingerprint density at radius 3 is 2.25 bits per heavy atom. The lowest BCUT2D eigenvalue weighted by atomic mass is 10.0. The van der Waals surface area contributed by atoms with Crippen LogP contribution < -0.4 is 5.32 Å². The molecule has 2 aliphatic carbocycles. The lowest BCUT2D eigenvalue weighted by Gasteiger charge is -2.17. The molecular weight excluding hydrogens is 196 g/mol. The first-order valence-corrected chi connectivity index (χ1v) is 7.29. The molecule has 2 fully saturated rings. The molecule has 0 saturated heterocycles. The molecule has 2 saturated carbocycles.